The Morgan fingerprint density at radius 2 is 1.50 bits per heavy atom. The fourth-order valence-electron chi connectivity index (χ4n) is 5.89. The molecule has 0 aromatic carbocycles. The van der Waals surface area contributed by atoms with Crippen LogP contribution >= 0.6 is 0 Å². The molecule has 0 saturated heterocycles. The largest absolute Gasteiger partial charge is 0.354 e. The zero-order valence-corrected chi connectivity index (χ0v) is 20.2. The van der Waals surface area contributed by atoms with Crippen LogP contribution in [0, 0.1) is 11.8 Å². The molecule has 0 atom stereocenters. The van der Waals surface area contributed by atoms with Crippen molar-refractivity contribution in [2.75, 3.05) is 6.54 Å². The molecule has 182 valence electrons. The van der Waals surface area contributed by atoms with Crippen LogP contribution in [0.2, 0.25) is 0 Å². The number of hydrogen-bond acceptors (Lipinski definition) is 3. The lowest BCUT2D eigenvalue weighted by molar-refractivity contribution is -0.137. The maximum Gasteiger partial charge on any atom is 0.245 e. The van der Waals surface area contributed by atoms with E-state index in [1.54, 1.807) is 0 Å². The lowest BCUT2D eigenvalue weighted by Crippen LogP contribution is -2.61. The Kier molecular flexibility index (Phi) is 9.86. The number of nitrogens with one attached hydrogen (secondary N) is 3. The van der Waals surface area contributed by atoms with E-state index in [4.69, 9.17) is 0 Å². The second-order valence-electron chi connectivity index (χ2n) is 10.6. The van der Waals surface area contributed by atoms with Gasteiger partial charge in [-0.05, 0) is 63.7 Å². The average molecular weight is 448 g/mol. The number of rotatable bonds is 9. The van der Waals surface area contributed by atoms with Crippen LogP contribution in [-0.4, -0.2) is 35.8 Å². The molecule has 0 unspecified atom stereocenters. The topological polar surface area (TPSA) is 87.3 Å². The zero-order valence-electron chi connectivity index (χ0n) is 20.2. The second-order valence-corrected chi connectivity index (χ2v) is 10.6. The van der Waals surface area contributed by atoms with Gasteiger partial charge in [0.05, 0.1) is 0 Å². The van der Waals surface area contributed by atoms with Crippen molar-refractivity contribution in [3.8, 4) is 0 Å². The van der Waals surface area contributed by atoms with Crippen molar-refractivity contribution in [2.24, 2.45) is 11.8 Å². The van der Waals surface area contributed by atoms with Gasteiger partial charge in [0, 0.05) is 24.9 Å². The van der Waals surface area contributed by atoms with Gasteiger partial charge in [-0.2, -0.15) is 0 Å². The molecule has 0 heterocycles. The number of amides is 3. The third kappa shape index (κ3) is 7.21. The average Bonchev–Trinajstić information content (AvgIpc) is 2.81. The van der Waals surface area contributed by atoms with Gasteiger partial charge in [-0.3, -0.25) is 14.4 Å². The van der Waals surface area contributed by atoms with Crippen LogP contribution in [0.15, 0.2) is 0 Å². The van der Waals surface area contributed by atoms with E-state index in [9.17, 15) is 14.4 Å². The van der Waals surface area contributed by atoms with Crippen molar-refractivity contribution in [3.05, 3.63) is 0 Å². The summed E-state index contributed by atoms with van der Waals surface area (Å²) < 4.78 is 0. The maximum absolute atomic E-state index is 13.1. The maximum atomic E-state index is 13.1. The predicted molar refractivity (Wildman–Crippen MR) is 127 cm³/mol. The molecule has 0 aliphatic heterocycles. The summed E-state index contributed by atoms with van der Waals surface area (Å²) in [6.45, 7) is 2.79. The van der Waals surface area contributed by atoms with Crippen molar-refractivity contribution in [1.29, 1.82) is 0 Å². The molecular weight excluding hydrogens is 402 g/mol. The standard InChI is InChI=1S/C26H45N3O3/c1-2-3-18-27-25(32)26(16-8-5-9-17-26)29-24(31)21-12-14-22(15-13-21)28-23(30)19-20-10-6-4-7-11-20/h20-22H,2-19H2,1H3,(H,27,32)(H,28,30)(H,29,31). The normalized spacial score (nSPS) is 26.2. The first-order chi connectivity index (χ1) is 15.5. The van der Waals surface area contributed by atoms with Gasteiger partial charge in [0.25, 0.3) is 0 Å². The predicted octanol–water partition coefficient (Wildman–Crippen LogP) is 4.37. The van der Waals surface area contributed by atoms with Gasteiger partial charge in [-0.1, -0.05) is 51.9 Å². The van der Waals surface area contributed by atoms with Gasteiger partial charge in [-0.25, -0.2) is 0 Å². The Labute approximate surface area is 194 Å². The third-order valence-corrected chi connectivity index (χ3v) is 7.98. The van der Waals surface area contributed by atoms with E-state index in [2.05, 4.69) is 22.9 Å². The SMILES string of the molecule is CCCCNC(=O)C1(NC(=O)C2CCC(NC(=O)CC3CCCCC3)CC2)CCCCC1. The first kappa shape index (κ1) is 25.0. The van der Waals surface area contributed by atoms with Crippen molar-refractivity contribution >= 4 is 17.7 Å². The molecule has 32 heavy (non-hydrogen) atoms. The molecular formula is C26H45N3O3. The number of carbonyl (C=O) groups is 3. The minimum atomic E-state index is -0.728. The molecule has 3 aliphatic rings. The minimum Gasteiger partial charge on any atom is -0.354 e. The van der Waals surface area contributed by atoms with Crippen LogP contribution in [-0.2, 0) is 14.4 Å². The molecule has 3 saturated carbocycles. The quantitative estimate of drug-likeness (QED) is 0.459. The highest BCUT2D eigenvalue weighted by molar-refractivity contribution is 5.92. The molecule has 0 spiro atoms. The summed E-state index contributed by atoms with van der Waals surface area (Å²) >= 11 is 0. The highest BCUT2D eigenvalue weighted by Gasteiger charge is 2.42. The molecule has 3 N–H and O–H groups in total. The van der Waals surface area contributed by atoms with E-state index >= 15 is 0 Å². The molecule has 0 bridgehead atoms. The minimum absolute atomic E-state index is 0.00246. The smallest absolute Gasteiger partial charge is 0.245 e. The van der Waals surface area contributed by atoms with E-state index < -0.39 is 5.54 Å². The van der Waals surface area contributed by atoms with E-state index in [0.29, 0.717) is 18.9 Å². The molecule has 3 amide bonds. The number of unbranched alkanes of at least 4 members (excludes halogenated alkanes) is 1. The molecule has 6 heteroatoms. The Bertz CT molecular complexity index is 616. The zero-order chi connectivity index (χ0) is 22.8. The molecule has 6 nitrogen and oxygen atoms in total. The molecule has 3 fully saturated rings. The van der Waals surface area contributed by atoms with E-state index in [0.717, 1.165) is 70.6 Å². The van der Waals surface area contributed by atoms with Crippen molar-refractivity contribution in [1.82, 2.24) is 16.0 Å². The van der Waals surface area contributed by atoms with Gasteiger partial charge in [0.1, 0.15) is 5.54 Å². The van der Waals surface area contributed by atoms with Crippen LogP contribution in [0.25, 0.3) is 0 Å². The summed E-state index contributed by atoms with van der Waals surface area (Å²) in [6, 6.07) is 0.191. The Hall–Kier alpha value is -1.59. The lowest BCUT2D eigenvalue weighted by Gasteiger charge is -2.38. The summed E-state index contributed by atoms with van der Waals surface area (Å²) in [5, 5.41) is 9.49. The van der Waals surface area contributed by atoms with Gasteiger partial charge in [-0.15, -0.1) is 0 Å². The summed E-state index contributed by atoms with van der Waals surface area (Å²) in [5.74, 6) is 0.728. The molecule has 3 aliphatic carbocycles. The monoisotopic (exact) mass is 447 g/mol. The Morgan fingerprint density at radius 1 is 0.844 bits per heavy atom. The summed E-state index contributed by atoms with van der Waals surface area (Å²) in [5.41, 5.74) is -0.728. The highest BCUT2D eigenvalue weighted by atomic mass is 16.2. The second kappa shape index (κ2) is 12.6. The first-order valence-corrected chi connectivity index (χ1v) is 13.4. The van der Waals surface area contributed by atoms with Crippen LogP contribution in [0.5, 0.6) is 0 Å². The number of hydrogen-bond donors (Lipinski definition) is 3. The molecule has 0 radical (unpaired) electrons. The van der Waals surface area contributed by atoms with Crippen molar-refractivity contribution < 1.29 is 14.4 Å². The van der Waals surface area contributed by atoms with Gasteiger partial charge in [0.2, 0.25) is 17.7 Å². The number of carbonyl (C=O) groups excluding carboxylic acids is 3. The third-order valence-electron chi connectivity index (χ3n) is 7.98. The summed E-state index contributed by atoms with van der Waals surface area (Å²) in [7, 11) is 0. The lowest BCUT2D eigenvalue weighted by atomic mass is 9.79. The fourth-order valence-corrected chi connectivity index (χ4v) is 5.89. The van der Waals surface area contributed by atoms with Crippen LogP contribution in [0.1, 0.15) is 116 Å². The van der Waals surface area contributed by atoms with Gasteiger partial charge < -0.3 is 16.0 Å². The van der Waals surface area contributed by atoms with Crippen molar-refractivity contribution in [2.45, 2.75) is 128 Å². The van der Waals surface area contributed by atoms with E-state index in [-0.39, 0.29) is 29.7 Å². The molecule has 0 aromatic rings. The summed E-state index contributed by atoms with van der Waals surface area (Å²) in [4.78, 5) is 38.5. The molecule has 0 aromatic heterocycles. The Balaban J connectivity index is 1.44. The van der Waals surface area contributed by atoms with E-state index in [1.165, 1.54) is 32.1 Å². The Morgan fingerprint density at radius 3 is 2.16 bits per heavy atom. The van der Waals surface area contributed by atoms with Gasteiger partial charge in [0.15, 0.2) is 0 Å². The van der Waals surface area contributed by atoms with Crippen LogP contribution in [0.3, 0.4) is 0 Å². The van der Waals surface area contributed by atoms with Crippen LogP contribution < -0.4 is 16.0 Å². The molecule has 3 rings (SSSR count). The highest BCUT2D eigenvalue weighted by Crippen LogP contribution is 2.31. The van der Waals surface area contributed by atoms with Crippen molar-refractivity contribution in [3.63, 3.8) is 0 Å². The van der Waals surface area contributed by atoms with Crippen LogP contribution in [0.4, 0.5) is 0 Å². The first-order valence-electron chi connectivity index (χ1n) is 13.4. The van der Waals surface area contributed by atoms with E-state index in [1.807, 2.05) is 0 Å². The fraction of sp³-hybridized carbons (Fsp3) is 0.885. The van der Waals surface area contributed by atoms with Gasteiger partial charge >= 0.3 is 0 Å². The summed E-state index contributed by atoms with van der Waals surface area (Å²) in [6.07, 6.45) is 16.7.